The molecule has 1 aliphatic carbocycles. The molecule has 1 aromatic carbocycles. The van der Waals surface area contributed by atoms with Gasteiger partial charge in [-0.15, -0.1) is 13.2 Å². The van der Waals surface area contributed by atoms with Crippen LogP contribution < -0.4 is 14.8 Å². The number of alkyl halides is 3. The lowest BCUT2D eigenvalue weighted by Gasteiger charge is -2.43. The van der Waals surface area contributed by atoms with Crippen LogP contribution in [-0.2, 0) is 4.74 Å². The summed E-state index contributed by atoms with van der Waals surface area (Å²) >= 11 is 0. The normalized spacial score (nSPS) is 25.3. The van der Waals surface area contributed by atoms with Crippen molar-refractivity contribution in [1.29, 1.82) is 0 Å². The molecule has 0 heterocycles. The van der Waals surface area contributed by atoms with E-state index >= 15 is 0 Å². The first-order chi connectivity index (χ1) is 9.94. The van der Waals surface area contributed by atoms with Gasteiger partial charge in [-0.2, -0.15) is 0 Å². The molecule has 1 aromatic rings. The Kier molecular flexibility index (Phi) is 4.95. The van der Waals surface area contributed by atoms with E-state index in [4.69, 9.17) is 9.47 Å². The Balaban J connectivity index is 2.03. The number of methoxy groups -OCH3 is 1. The number of hydrogen-bond donors (Lipinski definition) is 1. The van der Waals surface area contributed by atoms with Gasteiger partial charge in [0.15, 0.2) is 11.5 Å². The summed E-state index contributed by atoms with van der Waals surface area (Å²) in [6, 6.07) is 5.89. The van der Waals surface area contributed by atoms with Crippen molar-refractivity contribution in [2.45, 2.75) is 38.0 Å². The summed E-state index contributed by atoms with van der Waals surface area (Å²) in [5.41, 5.74) is 0. The Labute approximate surface area is 121 Å². The van der Waals surface area contributed by atoms with E-state index < -0.39 is 6.36 Å². The molecule has 0 aliphatic heterocycles. The van der Waals surface area contributed by atoms with Crippen molar-refractivity contribution in [2.24, 2.45) is 0 Å². The summed E-state index contributed by atoms with van der Waals surface area (Å²) in [6.07, 6.45) is -4.56. The number of halogens is 3. The Morgan fingerprint density at radius 3 is 2.48 bits per heavy atom. The largest absolute Gasteiger partial charge is 0.573 e. The number of para-hydroxylation sites is 2. The lowest BCUT2D eigenvalue weighted by Crippen LogP contribution is -2.60. The fourth-order valence-corrected chi connectivity index (χ4v) is 2.39. The summed E-state index contributed by atoms with van der Waals surface area (Å²) in [6.45, 7) is 2.78. The number of rotatable bonds is 6. The summed E-state index contributed by atoms with van der Waals surface area (Å²) in [4.78, 5) is 0. The van der Waals surface area contributed by atoms with Gasteiger partial charge in [-0.1, -0.05) is 19.1 Å². The molecule has 1 aliphatic rings. The third kappa shape index (κ3) is 4.01. The molecule has 0 spiro atoms. The van der Waals surface area contributed by atoms with E-state index in [1.54, 1.807) is 13.2 Å². The Morgan fingerprint density at radius 2 is 1.90 bits per heavy atom. The maximum absolute atomic E-state index is 12.3. The zero-order valence-electron chi connectivity index (χ0n) is 11.8. The van der Waals surface area contributed by atoms with Crippen LogP contribution in [0.25, 0.3) is 0 Å². The minimum atomic E-state index is -4.74. The van der Waals surface area contributed by atoms with E-state index in [-0.39, 0.29) is 29.7 Å². The molecule has 118 valence electrons. The van der Waals surface area contributed by atoms with Gasteiger partial charge in [0, 0.05) is 19.6 Å². The van der Waals surface area contributed by atoms with Crippen LogP contribution in [0.15, 0.2) is 24.3 Å². The summed E-state index contributed by atoms with van der Waals surface area (Å²) in [5, 5.41) is 3.24. The highest BCUT2D eigenvalue weighted by Gasteiger charge is 2.43. The molecule has 1 fully saturated rings. The second-order valence-corrected chi connectivity index (χ2v) is 4.75. The van der Waals surface area contributed by atoms with Gasteiger partial charge in [-0.05, 0) is 18.7 Å². The minimum Gasteiger partial charge on any atom is -0.484 e. The van der Waals surface area contributed by atoms with E-state index in [0.717, 1.165) is 6.54 Å². The Hall–Kier alpha value is -1.47. The average Bonchev–Trinajstić information content (AvgIpc) is 2.38. The molecule has 0 saturated heterocycles. The Morgan fingerprint density at radius 1 is 1.24 bits per heavy atom. The molecule has 1 N–H and O–H groups in total. The molecule has 2 rings (SSSR count). The quantitative estimate of drug-likeness (QED) is 0.877. The van der Waals surface area contributed by atoms with Crippen molar-refractivity contribution in [3.05, 3.63) is 24.3 Å². The number of nitrogens with one attached hydrogen (secondary N) is 1. The van der Waals surface area contributed by atoms with Crippen LogP contribution in [0.1, 0.15) is 13.3 Å². The van der Waals surface area contributed by atoms with Crippen molar-refractivity contribution in [2.75, 3.05) is 13.7 Å². The molecule has 21 heavy (non-hydrogen) atoms. The van der Waals surface area contributed by atoms with E-state index in [2.05, 4.69) is 10.1 Å². The van der Waals surface area contributed by atoms with Crippen LogP contribution in [0, 0.1) is 0 Å². The predicted molar refractivity (Wildman–Crippen MR) is 70.4 cm³/mol. The maximum atomic E-state index is 12.3. The fraction of sp³-hybridized carbons (Fsp3) is 0.571. The van der Waals surface area contributed by atoms with E-state index in [9.17, 15) is 13.2 Å². The second-order valence-electron chi connectivity index (χ2n) is 4.75. The molecular weight excluding hydrogens is 287 g/mol. The smallest absolute Gasteiger partial charge is 0.484 e. The van der Waals surface area contributed by atoms with Crippen LogP contribution in [0.3, 0.4) is 0 Å². The first kappa shape index (κ1) is 15.9. The number of benzene rings is 1. The number of hydrogen-bond acceptors (Lipinski definition) is 4. The highest BCUT2D eigenvalue weighted by molar-refractivity contribution is 5.40. The Bertz CT molecular complexity index is 467. The number of likely N-dealkylation sites (N-methyl/N-ethyl adjacent to an activating group) is 1. The molecule has 7 heteroatoms. The van der Waals surface area contributed by atoms with Crippen molar-refractivity contribution in [1.82, 2.24) is 5.32 Å². The SMILES string of the molecule is CCNC1CC(Oc2ccccc2OC(F)(F)F)C1OC. The van der Waals surface area contributed by atoms with Crippen LogP contribution in [-0.4, -0.2) is 38.3 Å². The van der Waals surface area contributed by atoms with E-state index in [0.29, 0.717) is 6.42 Å². The number of ether oxygens (including phenoxy) is 3. The van der Waals surface area contributed by atoms with Crippen LogP contribution in [0.4, 0.5) is 13.2 Å². The van der Waals surface area contributed by atoms with Crippen LogP contribution in [0.2, 0.25) is 0 Å². The van der Waals surface area contributed by atoms with Crippen molar-refractivity contribution < 1.29 is 27.4 Å². The molecule has 3 unspecified atom stereocenters. The highest BCUT2D eigenvalue weighted by atomic mass is 19.4. The van der Waals surface area contributed by atoms with Gasteiger partial charge in [-0.25, -0.2) is 0 Å². The zero-order valence-corrected chi connectivity index (χ0v) is 11.8. The molecule has 3 atom stereocenters. The van der Waals surface area contributed by atoms with Crippen LogP contribution in [0.5, 0.6) is 11.5 Å². The molecule has 0 aromatic heterocycles. The van der Waals surface area contributed by atoms with Crippen LogP contribution >= 0.6 is 0 Å². The van der Waals surface area contributed by atoms with Gasteiger partial charge < -0.3 is 19.5 Å². The van der Waals surface area contributed by atoms with Gasteiger partial charge in [0.2, 0.25) is 0 Å². The molecule has 0 amide bonds. The van der Waals surface area contributed by atoms with Crippen molar-refractivity contribution in [3.8, 4) is 11.5 Å². The highest BCUT2D eigenvalue weighted by Crippen LogP contribution is 2.36. The molecule has 1 saturated carbocycles. The van der Waals surface area contributed by atoms with Gasteiger partial charge in [0.25, 0.3) is 0 Å². The summed E-state index contributed by atoms with van der Waals surface area (Å²) in [5.74, 6) is -0.274. The molecular formula is C14H18F3NO3. The monoisotopic (exact) mass is 305 g/mol. The molecule has 0 bridgehead atoms. The third-order valence-corrected chi connectivity index (χ3v) is 3.34. The summed E-state index contributed by atoms with van der Waals surface area (Å²) < 4.78 is 52.0. The van der Waals surface area contributed by atoms with E-state index in [1.165, 1.54) is 18.2 Å². The van der Waals surface area contributed by atoms with Gasteiger partial charge >= 0.3 is 6.36 Å². The van der Waals surface area contributed by atoms with Crippen molar-refractivity contribution in [3.63, 3.8) is 0 Å². The van der Waals surface area contributed by atoms with Gasteiger partial charge in [0.05, 0.1) is 0 Å². The molecule has 4 nitrogen and oxygen atoms in total. The maximum Gasteiger partial charge on any atom is 0.573 e. The first-order valence-electron chi connectivity index (χ1n) is 6.72. The third-order valence-electron chi connectivity index (χ3n) is 3.34. The topological polar surface area (TPSA) is 39.7 Å². The zero-order chi connectivity index (χ0) is 15.5. The van der Waals surface area contributed by atoms with Gasteiger partial charge in [-0.3, -0.25) is 0 Å². The summed E-state index contributed by atoms with van der Waals surface area (Å²) in [7, 11) is 1.56. The minimum absolute atomic E-state index is 0.0665. The molecule has 0 radical (unpaired) electrons. The second kappa shape index (κ2) is 6.53. The lowest BCUT2D eigenvalue weighted by atomic mass is 9.85. The predicted octanol–water partition coefficient (Wildman–Crippen LogP) is 2.73. The fourth-order valence-electron chi connectivity index (χ4n) is 2.39. The van der Waals surface area contributed by atoms with Crippen molar-refractivity contribution >= 4 is 0 Å². The van der Waals surface area contributed by atoms with Gasteiger partial charge in [0.1, 0.15) is 12.2 Å². The lowest BCUT2D eigenvalue weighted by molar-refractivity contribution is -0.275. The standard InChI is InChI=1S/C14H18F3NO3/c1-3-18-9-8-12(13(9)19-2)20-10-6-4-5-7-11(10)21-14(15,16)17/h4-7,9,12-13,18H,3,8H2,1-2H3. The van der Waals surface area contributed by atoms with E-state index in [1.807, 2.05) is 6.92 Å². The first-order valence-corrected chi connectivity index (χ1v) is 6.72. The average molecular weight is 305 g/mol.